The van der Waals surface area contributed by atoms with Gasteiger partial charge in [-0.25, -0.2) is 0 Å². The lowest BCUT2D eigenvalue weighted by Crippen LogP contribution is -2.49. The number of hydrogen-bond donors (Lipinski definition) is 0. The van der Waals surface area contributed by atoms with E-state index in [2.05, 4.69) is 35.7 Å². The summed E-state index contributed by atoms with van der Waals surface area (Å²) in [6.07, 6.45) is 3.74. The van der Waals surface area contributed by atoms with E-state index in [1.807, 2.05) is 6.07 Å². The summed E-state index contributed by atoms with van der Waals surface area (Å²) in [5.41, 5.74) is 2.74. The highest BCUT2D eigenvalue weighted by Gasteiger charge is 2.32. The van der Waals surface area contributed by atoms with Crippen molar-refractivity contribution >= 4 is 0 Å². The van der Waals surface area contributed by atoms with Gasteiger partial charge < -0.3 is 4.74 Å². The zero-order valence-electron chi connectivity index (χ0n) is 11.6. The molecule has 0 aromatic heterocycles. The fourth-order valence-corrected chi connectivity index (χ4v) is 3.27. The maximum atomic E-state index is 5.91. The minimum Gasteiger partial charge on any atom is -0.375 e. The maximum Gasteiger partial charge on any atom is 0.0717 e. The fraction of sp³-hybridized carbons (Fsp3) is 0.529. The van der Waals surface area contributed by atoms with Crippen LogP contribution >= 0.6 is 0 Å². The molecule has 102 valence electrons. The van der Waals surface area contributed by atoms with Gasteiger partial charge in [0, 0.05) is 19.1 Å². The van der Waals surface area contributed by atoms with Crippen LogP contribution in [0.1, 0.15) is 24.8 Å². The molecule has 3 unspecified atom stereocenters. The molecule has 2 heterocycles. The summed E-state index contributed by atoms with van der Waals surface area (Å²) in [7, 11) is 0. The molecule has 2 saturated heterocycles. The van der Waals surface area contributed by atoms with Crippen molar-refractivity contribution in [3.05, 3.63) is 48.0 Å². The van der Waals surface area contributed by atoms with Gasteiger partial charge in [0.15, 0.2) is 0 Å². The largest absolute Gasteiger partial charge is 0.375 e. The van der Waals surface area contributed by atoms with Crippen LogP contribution in [0.3, 0.4) is 0 Å². The third-order valence-corrected chi connectivity index (χ3v) is 4.54. The number of benzene rings is 1. The molecule has 1 aromatic carbocycles. The van der Waals surface area contributed by atoms with Crippen molar-refractivity contribution in [3.63, 3.8) is 0 Å². The summed E-state index contributed by atoms with van der Waals surface area (Å²) < 4.78 is 5.91. The summed E-state index contributed by atoms with van der Waals surface area (Å²) in [6.45, 7) is 8.19. The third kappa shape index (κ3) is 3.07. The molecule has 2 fully saturated rings. The molecule has 0 amide bonds. The van der Waals surface area contributed by atoms with Gasteiger partial charge in [0.25, 0.3) is 0 Å². The second kappa shape index (κ2) is 5.89. The second-order valence-corrected chi connectivity index (χ2v) is 5.83. The first-order valence-corrected chi connectivity index (χ1v) is 7.36. The average molecular weight is 257 g/mol. The topological polar surface area (TPSA) is 12.5 Å². The number of piperidine rings is 2. The molecule has 2 aliphatic heterocycles. The molecule has 0 aliphatic carbocycles. The van der Waals surface area contributed by atoms with Crippen molar-refractivity contribution in [1.29, 1.82) is 0 Å². The monoisotopic (exact) mass is 257 g/mol. The van der Waals surface area contributed by atoms with Crippen LogP contribution in [0.25, 0.3) is 0 Å². The van der Waals surface area contributed by atoms with Gasteiger partial charge >= 0.3 is 0 Å². The Balaban J connectivity index is 1.47. The van der Waals surface area contributed by atoms with Crippen LogP contribution in [0.4, 0.5) is 0 Å². The molecular weight excluding hydrogens is 234 g/mol. The first kappa shape index (κ1) is 12.9. The highest BCUT2D eigenvalue weighted by atomic mass is 16.5. The highest BCUT2D eigenvalue weighted by Crippen LogP contribution is 2.32. The van der Waals surface area contributed by atoms with Gasteiger partial charge in [0.2, 0.25) is 0 Å². The van der Waals surface area contributed by atoms with Gasteiger partial charge in [-0.3, -0.25) is 4.90 Å². The molecule has 3 atom stereocenters. The average Bonchev–Trinajstić information content (AvgIpc) is 2.46. The zero-order chi connectivity index (χ0) is 13.1. The van der Waals surface area contributed by atoms with E-state index >= 15 is 0 Å². The predicted molar refractivity (Wildman–Crippen MR) is 77.9 cm³/mol. The number of fused-ring (bicyclic) bond motifs is 2. The summed E-state index contributed by atoms with van der Waals surface area (Å²) >= 11 is 0. The normalized spacial score (nSPS) is 30.3. The Labute approximate surface area is 116 Å². The second-order valence-electron chi connectivity index (χ2n) is 5.83. The SMILES string of the molecule is C=C1CCN2CC1CCC2COCc1ccccc1. The standard InChI is InChI=1S/C17H23NO/c1-14-9-10-18-11-16(14)7-8-17(18)13-19-12-15-5-3-2-4-6-15/h2-6,16-17H,1,7-13H2. The lowest BCUT2D eigenvalue weighted by molar-refractivity contribution is 0.0135. The van der Waals surface area contributed by atoms with Crippen molar-refractivity contribution in [2.45, 2.75) is 31.9 Å². The number of nitrogens with zero attached hydrogens (tertiary/aromatic N) is 1. The molecule has 2 heteroatoms. The summed E-state index contributed by atoms with van der Waals surface area (Å²) in [4.78, 5) is 2.61. The van der Waals surface area contributed by atoms with Gasteiger partial charge in [-0.2, -0.15) is 0 Å². The third-order valence-electron chi connectivity index (χ3n) is 4.54. The molecule has 2 bridgehead atoms. The Morgan fingerprint density at radius 3 is 2.89 bits per heavy atom. The van der Waals surface area contributed by atoms with E-state index in [1.54, 1.807) is 0 Å². The quantitative estimate of drug-likeness (QED) is 0.768. The Morgan fingerprint density at radius 2 is 2.05 bits per heavy atom. The Kier molecular flexibility index (Phi) is 4.00. The number of ether oxygens (including phenoxy) is 1. The molecule has 3 rings (SSSR count). The van der Waals surface area contributed by atoms with Gasteiger partial charge in [0.05, 0.1) is 13.2 Å². The molecule has 2 aliphatic rings. The number of hydrogen-bond acceptors (Lipinski definition) is 2. The van der Waals surface area contributed by atoms with E-state index in [-0.39, 0.29) is 0 Å². The van der Waals surface area contributed by atoms with Crippen LogP contribution in [0, 0.1) is 5.92 Å². The molecule has 0 saturated carbocycles. The van der Waals surface area contributed by atoms with E-state index in [4.69, 9.17) is 4.74 Å². The summed E-state index contributed by atoms with van der Waals surface area (Å²) in [5, 5.41) is 0. The van der Waals surface area contributed by atoms with E-state index in [0.29, 0.717) is 6.04 Å². The molecular formula is C17H23NO. The Bertz CT molecular complexity index is 428. The predicted octanol–water partition coefficient (Wildman–Crippen LogP) is 3.24. The molecule has 0 radical (unpaired) electrons. The van der Waals surface area contributed by atoms with E-state index in [9.17, 15) is 0 Å². The molecule has 2 nitrogen and oxygen atoms in total. The molecule has 0 spiro atoms. The van der Waals surface area contributed by atoms with Crippen molar-refractivity contribution in [1.82, 2.24) is 4.90 Å². The van der Waals surface area contributed by atoms with E-state index in [1.165, 1.54) is 43.5 Å². The Morgan fingerprint density at radius 1 is 1.21 bits per heavy atom. The van der Waals surface area contributed by atoms with Crippen LogP contribution in [0.15, 0.2) is 42.5 Å². The van der Waals surface area contributed by atoms with Gasteiger partial charge in [0.1, 0.15) is 0 Å². The van der Waals surface area contributed by atoms with Crippen LogP contribution in [-0.2, 0) is 11.3 Å². The summed E-state index contributed by atoms with van der Waals surface area (Å²) in [6, 6.07) is 11.1. The lowest BCUT2D eigenvalue weighted by atomic mass is 9.83. The summed E-state index contributed by atoms with van der Waals surface area (Å²) in [5.74, 6) is 0.749. The minimum absolute atomic E-state index is 0.619. The van der Waals surface area contributed by atoms with Crippen LogP contribution in [-0.4, -0.2) is 30.6 Å². The van der Waals surface area contributed by atoms with Crippen LogP contribution in [0.2, 0.25) is 0 Å². The van der Waals surface area contributed by atoms with E-state index < -0.39 is 0 Å². The smallest absolute Gasteiger partial charge is 0.0717 e. The lowest BCUT2D eigenvalue weighted by Gasteiger charge is -2.44. The maximum absolute atomic E-state index is 5.91. The Hall–Kier alpha value is -1.12. The molecule has 1 aromatic rings. The van der Waals surface area contributed by atoms with E-state index in [0.717, 1.165) is 19.1 Å². The zero-order valence-corrected chi connectivity index (χ0v) is 11.6. The fourth-order valence-electron chi connectivity index (χ4n) is 3.27. The first-order chi connectivity index (χ1) is 9.33. The van der Waals surface area contributed by atoms with Gasteiger partial charge in [-0.05, 0) is 30.7 Å². The van der Waals surface area contributed by atoms with Crippen molar-refractivity contribution in [3.8, 4) is 0 Å². The first-order valence-electron chi connectivity index (χ1n) is 7.36. The van der Waals surface area contributed by atoms with Gasteiger partial charge in [-0.1, -0.05) is 42.5 Å². The van der Waals surface area contributed by atoms with Gasteiger partial charge in [-0.15, -0.1) is 0 Å². The van der Waals surface area contributed by atoms with Crippen molar-refractivity contribution < 1.29 is 4.74 Å². The minimum atomic E-state index is 0.619. The number of rotatable bonds is 4. The van der Waals surface area contributed by atoms with Crippen molar-refractivity contribution in [2.75, 3.05) is 19.7 Å². The molecule has 0 N–H and O–H groups in total. The van der Waals surface area contributed by atoms with Crippen molar-refractivity contribution in [2.24, 2.45) is 5.92 Å². The highest BCUT2D eigenvalue weighted by molar-refractivity contribution is 5.13. The van der Waals surface area contributed by atoms with Crippen LogP contribution in [0.5, 0.6) is 0 Å². The van der Waals surface area contributed by atoms with Crippen LogP contribution < -0.4 is 0 Å². The molecule has 19 heavy (non-hydrogen) atoms.